The minimum atomic E-state index is -0.779. The quantitative estimate of drug-likeness (QED) is 0.339. The van der Waals surface area contributed by atoms with E-state index >= 15 is 0 Å². The number of hydrogen-bond donors (Lipinski definition) is 3. The fourth-order valence-electron chi connectivity index (χ4n) is 3.13. The van der Waals surface area contributed by atoms with Gasteiger partial charge in [0.15, 0.2) is 6.23 Å². The second-order valence-corrected chi connectivity index (χ2v) is 6.71. The molecule has 1 heterocycles. The van der Waals surface area contributed by atoms with E-state index in [1.807, 2.05) is 19.1 Å². The van der Waals surface area contributed by atoms with Gasteiger partial charge >= 0.3 is 0 Å². The van der Waals surface area contributed by atoms with Crippen LogP contribution >= 0.6 is 0 Å². The third kappa shape index (κ3) is 4.09. The maximum atomic E-state index is 9.19. The van der Waals surface area contributed by atoms with Gasteiger partial charge in [0, 0.05) is 22.4 Å². The molecule has 0 fully saturated rings. The molecule has 148 valence electrons. The van der Waals surface area contributed by atoms with Crippen LogP contribution in [0.25, 0.3) is 0 Å². The molecule has 0 bridgehead atoms. The number of nitrogens with two attached hydrogens (primary N) is 2. The van der Waals surface area contributed by atoms with Crippen LogP contribution < -0.4 is 16.2 Å². The highest BCUT2D eigenvalue weighted by Gasteiger charge is 2.17. The summed E-state index contributed by atoms with van der Waals surface area (Å²) < 4.78 is 5.89. The van der Waals surface area contributed by atoms with E-state index in [0.717, 1.165) is 11.1 Å². The zero-order valence-corrected chi connectivity index (χ0v) is 16.5. The normalized spacial score (nSPS) is 11.2. The molecule has 8 heteroatoms. The summed E-state index contributed by atoms with van der Waals surface area (Å²) in [6, 6.07) is 13.4. The number of anilines is 1. The van der Waals surface area contributed by atoms with E-state index in [9.17, 15) is 10.5 Å². The number of nitrogen functional groups attached to an aromatic ring is 1. The Morgan fingerprint density at radius 1 is 1.10 bits per heavy atom. The maximum Gasteiger partial charge on any atom is 0.176 e. The van der Waals surface area contributed by atoms with Crippen LogP contribution in [0.15, 0.2) is 42.6 Å². The summed E-state index contributed by atoms with van der Waals surface area (Å²) in [4.78, 5) is 0. The molecule has 0 aliphatic carbocycles. The summed E-state index contributed by atoms with van der Waals surface area (Å²) in [5.41, 5.74) is 16.4. The molecule has 0 spiro atoms. The largest absolute Gasteiger partial charge is 0.471 e. The van der Waals surface area contributed by atoms with Gasteiger partial charge in [-0.25, -0.2) is 0 Å². The van der Waals surface area contributed by atoms with Crippen molar-refractivity contribution in [2.75, 3.05) is 5.73 Å². The molecule has 0 aliphatic heterocycles. The Balaban J connectivity index is 1.95. The lowest BCUT2D eigenvalue weighted by molar-refractivity contribution is 0.211. The first-order valence-electron chi connectivity index (χ1n) is 8.99. The van der Waals surface area contributed by atoms with Gasteiger partial charge < -0.3 is 10.5 Å². The molecule has 30 heavy (non-hydrogen) atoms. The topological polar surface area (TPSA) is 158 Å². The van der Waals surface area contributed by atoms with E-state index in [2.05, 4.69) is 10.2 Å². The van der Waals surface area contributed by atoms with Gasteiger partial charge in [-0.1, -0.05) is 0 Å². The molecule has 0 saturated carbocycles. The van der Waals surface area contributed by atoms with Crippen molar-refractivity contribution in [2.45, 2.75) is 20.1 Å². The molecule has 5 N–H and O–H groups in total. The monoisotopic (exact) mass is 397 g/mol. The minimum absolute atomic E-state index is 0.0676. The van der Waals surface area contributed by atoms with Crippen molar-refractivity contribution in [3.8, 4) is 17.9 Å². The fraction of sp³-hybridized carbons (Fsp3) is 0.136. The van der Waals surface area contributed by atoms with Crippen molar-refractivity contribution in [3.05, 3.63) is 81.7 Å². The first-order chi connectivity index (χ1) is 14.3. The predicted octanol–water partition coefficient (Wildman–Crippen LogP) is 2.87. The van der Waals surface area contributed by atoms with Gasteiger partial charge in [0.1, 0.15) is 5.75 Å². The first kappa shape index (κ1) is 20.5. The van der Waals surface area contributed by atoms with Crippen molar-refractivity contribution >= 4 is 11.4 Å². The average molecular weight is 397 g/mol. The van der Waals surface area contributed by atoms with Crippen molar-refractivity contribution in [1.29, 1.82) is 15.9 Å². The Hall–Kier alpha value is -4.27. The lowest BCUT2D eigenvalue weighted by Gasteiger charge is -2.19. The van der Waals surface area contributed by atoms with E-state index in [0.29, 0.717) is 28.3 Å². The van der Waals surface area contributed by atoms with Gasteiger partial charge in [0.25, 0.3) is 0 Å². The number of nitrogens with one attached hydrogen (secondary N) is 1. The number of aryl methyl sites for hydroxylation is 2. The second kappa shape index (κ2) is 8.39. The Morgan fingerprint density at radius 2 is 1.77 bits per heavy atom. The third-order valence-corrected chi connectivity index (χ3v) is 4.60. The number of benzene rings is 2. The van der Waals surface area contributed by atoms with Gasteiger partial charge in [0.2, 0.25) is 0 Å². The Bertz CT molecular complexity index is 1170. The summed E-state index contributed by atoms with van der Waals surface area (Å²) in [7, 11) is 0. The van der Waals surface area contributed by atoms with E-state index in [1.54, 1.807) is 31.3 Å². The smallest absolute Gasteiger partial charge is 0.176 e. The van der Waals surface area contributed by atoms with E-state index < -0.39 is 6.23 Å². The Kier molecular flexibility index (Phi) is 5.73. The summed E-state index contributed by atoms with van der Waals surface area (Å²) >= 11 is 0. The van der Waals surface area contributed by atoms with Crippen LogP contribution in [0.2, 0.25) is 0 Å². The number of hydrogen-bond acceptors (Lipinski definition) is 8. The average Bonchev–Trinajstić information content (AvgIpc) is 2.74. The van der Waals surface area contributed by atoms with Crippen LogP contribution in [0.1, 0.15) is 45.3 Å². The lowest BCUT2D eigenvalue weighted by atomic mass is 9.97. The van der Waals surface area contributed by atoms with Crippen LogP contribution in [-0.2, 0) is 0 Å². The molecular weight excluding hydrogens is 378 g/mol. The van der Waals surface area contributed by atoms with Gasteiger partial charge in [0.05, 0.1) is 40.9 Å². The molecule has 0 aliphatic rings. The predicted molar refractivity (Wildman–Crippen MR) is 112 cm³/mol. The number of nitrogens with zero attached hydrogens (tertiary/aromatic N) is 4. The second-order valence-electron chi connectivity index (χ2n) is 6.71. The van der Waals surface area contributed by atoms with Gasteiger partial charge in [-0.15, -0.1) is 0 Å². The standard InChI is InChI=1S/C22H19N7O/c1-12-11-28-29-13(2)20(12)22(27)30-17-3-4-19(25)18(8-17)21(26)16-6-14(9-23)5-15(7-16)10-24/h3-8,11,22,26H,25,27H2,1-2H3/t22-/m0/s1. The SMILES string of the molecule is Cc1cnnc(C)c1[C@@H](N)Oc1ccc(N)c(C(=N)c2cc(C#N)cc(C#N)c2)c1. The molecule has 0 saturated heterocycles. The van der Waals surface area contributed by atoms with Gasteiger partial charge in [-0.3, -0.25) is 11.1 Å². The third-order valence-electron chi connectivity index (χ3n) is 4.60. The van der Waals surface area contributed by atoms with Crippen molar-refractivity contribution < 1.29 is 4.74 Å². The van der Waals surface area contributed by atoms with Crippen LogP contribution in [0.3, 0.4) is 0 Å². The molecule has 1 atom stereocenters. The Morgan fingerprint density at radius 3 is 2.37 bits per heavy atom. The summed E-state index contributed by atoms with van der Waals surface area (Å²) in [6.07, 6.45) is 0.836. The zero-order chi connectivity index (χ0) is 21.8. The van der Waals surface area contributed by atoms with Crippen LogP contribution in [0.5, 0.6) is 5.75 Å². The highest BCUT2D eigenvalue weighted by atomic mass is 16.5. The van der Waals surface area contributed by atoms with Crippen molar-refractivity contribution in [3.63, 3.8) is 0 Å². The summed E-state index contributed by atoms with van der Waals surface area (Å²) in [6.45, 7) is 3.68. The van der Waals surface area contributed by atoms with Crippen molar-refractivity contribution in [1.82, 2.24) is 10.2 Å². The summed E-state index contributed by atoms with van der Waals surface area (Å²) in [5.74, 6) is 0.420. The number of aromatic nitrogens is 2. The van der Waals surface area contributed by atoms with E-state index in [1.165, 1.54) is 18.2 Å². The highest BCUT2D eigenvalue weighted by molar-refractivity contribution is 6.14. The molecule has 3 aromatic rings. The lowest BCUT2D eigenvalue weighted by Crippen LogP contribution is -2.21. The number of nitriles is 2. The maximum absolute atomic E-state index is 9.19. The molecule has 0 radical (unpaired) electrons. The molecule has 0 unspecified atom stereocenters. The van der Waals surface area contributed by atoms with Crippen LogP contribution in [0, 0.1) is 41.9 Å². The Labute approximate surface area is 173 Å². The minimum Gasteiger partial charge on any atom is -0.471 e. The van der Waals surface area contributed by atoms with Crippen molar-refractivity contribution in [2.24, 2.45) is 5.73 Å². The molecular formula is C22H19N7O. The molecule has 2 aromatic carbocycles. The first-order valence-corrected chi connectivity index (χ1v) is 8.99. The zero-order valence-electron chi connectivity index (χ0n) is 16.5. The van der Waals surface area contributed by atoms with Crippen LogP contribution in [-0.4, -0.2) is 15.9 Å². The van der Waals surface area contributed by atoms with E-state index in [-0.39, 0.29) is 16.8 Å². The molecule has 1 aromatic heterocycles. The van der Waals surface area contributed by atoms with Gasteiger partial charge in [-0.2, -0.15) is 20.7 Å². The molecule has 8 nitrogen and oxygen atoms in total. The highest BCUT2D eigenvalue weighted by Crippen LogP contribution is 2.27. The molecule has 3 rings (SSSR count). The fourth-order valence-corrected chi connectivity index (χ4v) is 3.13. The van der Waals surface area contributed by atoms with Gasteiger partial charge in [-0.05, 0) is 55.8 Å². The summed E-state index contributed by atoms with van der Waals surface area (Å²) in [5, 5.41) is 34.8. The van der Waals surface area contributed by atoms with Crippen LogP contribution in [0.4, 0.5) is 5.69 Å². The van der Waals surface area contributed by atoms with E-state index in [4.69, 9.17) is 21.6 Å². The molecule has 0 amide bonds. The number of rotatable bonds is 5. The number of ether oxygens (including phenoxy) is 1.